The van der Waals surface area contributed by atoms with Crippen molar-refractivity contribution >= 4 is 33.6 Å². The molecule has 1 aliphatic heterocycles. The number of sulfonamides is 1. The van der Waals surface area contributed by atoms with Crippen molar-refractivity contribution in [2.24, 2.45) is 0 Å². The predicted molar refractivity (Wildman–Crippen MR) is 104 cm³/mol. The zero-order chi connectivity index (χ0) is 22.8. The molecule has 0 bridgehead atoms. The van der Waals surface area contributed by atoms with E-state index < -0.39 is 32.8 Å². The number of aromatic carboxylic acids is 1. The first-order valence-electron chi connectivity index (χ1n) is 8.67. The largest absolute Gasteiger partial charge is 0.486 e. The van der Waals surface area contributed by atoms with Crippen molar-refractivity contribution in [3.8, 4) is 11.5 Å². The Hall–Kier alpha value is -3.80. The third-order valence-corrected chi connectivity index (χ3v) is 5.56. The molecule has 2 N–H and O–H groups in total. The minimum absolute atomic E-state index is 0.160. The van der Waals surface area contributed by atoms with Gasteiger partial charge in [0.25, 0.3) is 10.0 Å². The van der Waals surface area contributed by atoms with Gasteiger partial charge in [-0.1, -0.05) is 0 Å². The number of carbonyl (C=O) groups excluding carboxylic acids is 2. The summed E-state index contributed by atoms with van der Waals surface area (Å²) in [7, 11) is -2.27. The number of methoxy groups -OCH3 is 2. The van der Waals surface area contributed by atoms with E-state index in [1.165, 1.54) is 6.07 Å². The minimum atomic E-state index is -4.45. The van der Waals surface area contributed by atoms with Crippen LogP contribution in [0.3, 0.4) is 0 Å². The highest BCUT2D eigenvalue weighted by Crippen LogP contribution is 2.36. The molecule has 0 amide bonds. The van der Waals surface area contributed by atoms with E-state index in [0.29, 0.717) is 0 Å². The summed E-state index contributed by atoms with van der Waals surface area (Å²) in [4.78, 5) is 35.0. The number of carbonyl (C=O) groups is 3. The van der Waals surface area contributed by atoms with E-state index in [-0.39, 0.29) is 47.1 Å². The zero-order valence-electron chi connectivity index (χ0n) is 16.3. The van der Waals surface area contributed by atoms with Gasteiger partial charge in [0, 0.05) is 12.1 Å². The number of anilines is 1. The molecule has 0 saturated carbocycles. The Labute approximate surface area is 176 Å². The zero-order valence-corrected chi connectivity index (χ0v) is 17.1. The Morgan fingerprint density at radius 2 is 1.42 bits per heavy atom. The molecule has 164 valence electrons. The minimum Gasteiger partial charge on any atom is -0.486 e. The quantitative estimate of drug-likeness (QED) is 0.618. The summed E-state index contributed by atoms with van der Waals surface area (Å²) >= 11 is 0. The number of fused-ring (bicyclic) bond motifs is 1. The van der Waals surface area contributed by atoms with Crippen molar-refractivity contribution in [1.29, 1.82) is 0 Å². The monoisotopic (exact) mass is 451 g/mol. The van der Waals surface area contributed by atoms with E-state index >= 15 is 0 Å². The maximum Gasteiger partial charge on any atom is 0.337 e. The molecule has 1 heterocycles. The summed E-state index contributed by atoms with van der Waals surface area (Å²) in [5.41, 5.74) is -1.11. The van der Waals surface area contributed by atoms with Crippen LogP contribution in [0.4, 0.5) is 5.69 Å². The standard InChI is InChI=1S/C19H17NO10S/c1-27-18(23)10-5-11(19(24)28-2)7-12(6-10)31(25,26)20-14-9-16-15(29-3-4-30-16)8-13(14)17(21)22/h5-9,20H,3-4H2,1-2H3,(H,21,22). The lowest BCUT2D eigenvalue weighted by Crippen LogP contribution is -2.20. The van der Waals surface area contributed by atoms with Crippen molar-refractivity contribution in [1.82, 2.24) is 0 Å². The number of hydrogen-bond donors (Lipinski definition) is 2. The summed E-state index contributed by atoms with van der Waals surface area (Å²) in [6.45, 7) is 0.420. The van der Waals surface area contributed by atoms with Crippen LogP contribution in [0.15, 0.2) is 35.2 Å². The summed E-state index contributed by atoms with van der Waals surface area (Å²) in [6.07, 6.45) is 0. The second-order valence-corrected chi connectivity index (χ2v) is 7.86. The molecular weight excluding hydrogens is 434 g/mol. The summed E-state index contributed by atoms with van der Waals surface area (Å²) < 4.78 is 48.0. The Morgan fingerprint density at radius 1 is 0.903 bits per heavy atom. The fourth-order valence-corrected chi connectivity index (χ4v) is 3.92. The van der Waals surface area contributed by atoms with Crippen molar-refractivity contribution in [2.45, 2.75) is 4.90 Å². The summed E-state index contributed by atoms with van der Waals surface area (Å²) in [5.74, 6) is -2.85. The molecule has 0 fully saturated rings. The van der Waals surface area contributed by atoms with E-state index in [2.05, 4.69) is 14.2 Å². The number of benzene rings is 2. The normalized spacial score (nSPS) is 12.6. The molecule has 3 rings (SSSR count). The Balaban J connectivity index is 2.09. The predicted octanol–water partition coefficient (Wildman–Crippen LogP) is 1.53. The van der Waals surface area contributed by atoms with Crippen molar-refractivity contribution < 1.29 is 46.9 Å². The van der Waals surface area contributed by atoms with Gasteiger partial charge < -0.3 is 24.1 Å². The van der Waals surface area contributed by atoms with Gasteiger partial charge in [-0.25, -0.2) is 22.8 Å². The number of hydrogen-bond acceptors (Lipinski definition) is 9. The topological polar surface area (TPSA) is 155 Å². The summed E-state index contributed by atoms with van der Waals surface area (Å²) in [6, 6.07) is 5.40. The smallest absolute Gasteiger partial charge is 0.337 e. The fraction of sp³-hybridized carbons (Fsp3) is 0.211. The van der Waals surface area contributed by atoms with E-state index in [1.807, 2.05) is 0 Å². The lowest BCUT2D eigenvalue weighted by atomic mass is 10.1. The van der Waals surface area contributed by atoms with Gasteiger partial charge in [0.05, 0.1) is 41.5 Å². The lowest BCUT2D eigenvalue weighted by molar-refractivity contribution is 0.0596. The van der Waals surface area contributed by atoms with Gasteiger partial charge in [-0.2, -0.15) is 0 Å². The van der Waals surface area contributed by atoms with Crippen LogP contribution in [-0.4, -0.2) is 58.9 Å². The highest BCUT2D eigenvalue weighted by Gasteiger charge is 2.25. The maximum atomic E-state index is 13.0. The number of carboxylic acids is 1. The molecule has 0 atom stereocenters. The number of ether oxygens (including phenoxy) is 4. The molecule has 31 heavy (non-hydrogen) atoms. The van der Waals surface area contributed by atoms with Crippen LogP contribution in [0.25, 0.3) is 0 Å². The average Bonchev–Trinajstić information content (AvgIpc) is 2.76. The van der Waals surface area contributed by atoms with Gasteiger partial charge in [-0.05, 0) is 18.2 Å². The van der Waals surface area contributed by atoms with Crippen LogP contribution in [0.5, 0.6) is 11.5 Å². The number of rotatable bonds is 6. The van der Waals surface area contributed by atoms with Crippen LogP contribution in [0.1, 0.15) is 31.1 Å². The van der Waals surface area contributed by atoms with E-state index in [9.17, 15) is 27.9 Å². The van der Waals surface area contributed by atoms with Gasteiger partial charge in [-0.15, -0.1) is 0 Å². The second kappa shape index (κ2) is 8.52. The number of carboxylic acid groups (broad SMARTS) is 1. The van der Waals surface area contributed by atoms with Gasteiger partial charge >= 0.3 is 17.9 Å². The highest BCUT2D eigenvalue weighted by molar-refractivity contribution is 7.92. The molecule has 0 aliphatic carbocycles. The van der Waals surface area contributed by atoms with Crippen LogP contribution < -0.4 is 14.2 Å². The van der Waals surface area contributed by atoms with Crippen molar-refractivity contribution in [3.63, 3.8) is 0 Å². The Bertz CT molecular complexity index is 1140. The molecular formula is C19H17NO10S. The highest BCUT2D eigenvalue weighted by atomic mass is 32.2. The molecule has 11 nitrogen and oxygen atoms in total. The average molecular weight is 451 g/mol. The Kier molecular flexibility index (Phi) is 6.02. The van der Waals surface area contributed by atoms with Gasteiger partial charge in [-0.3, -0.25) is 4.72 Å². The van der Waals surface area contributed by atoms with Crippen LogP contribution in [0, 0.1) is 0 Å². The number of nitrogens with one attached hydrogen (secondary N) is 1. The Morgan fingerprint density at radius 3 is 1.90 bits per heavy atom. The van der Waals surface area contributed by atoms with E-state index in [4.69, 9.17) is 9.47 Å². The van der Waals surface area contributed by atoms with Crippen molar-refractivity contribution in [3.05, 3.63) is 47.0 Å². The first kappa shape index (κ1) is 21.9. The van der Waals surface area contributed by atoms with Crippen LogP contribution in [-0.2, 0) is 19.5 Å². The van der Waals surface area contributed by atoms with Gasteiger partial charge in [0.15, 0.2) is 11.5 Å². The molecule has 12 heteroatoms. The molecule has 0 radical (unpaired) electrons. The van der Waals surface area contributed by atoms with Gasteiger partial charge in [0.2, 0.25) is 0 Å². The lowest BCUT2D eigenvalue weighted by Gasteiger charge is -2.20. The molecule has 0 aromatic heterocycles. The third kappa shape index (κ3) is 4.53. The fourth-order valence-electron chi connectivity index (χ4n) is 2.78. The number of esters is 2. The maximum absolute atomic E-state index is 13.0. The molecule has 2 aromatic carbocycles. The molecule has 0 unspecified atom stereocenters. The first-order valence-corrected chi connectivity index (χ1v) is 10.2. The SMILES string of the molecule is COC(=O)c1cc(C(=O)OC)cc(S(=O)(=O)Nc2cc3c(cc2C(=O)O)OCCO3)c1. The molecule has 2 aromatic rings. The first-order chi connectivity index (χ1) is 14.7. The third-order valence-electron chi connectivity index (χ3n) is 4.22. The van der Waals surface area contributed by atoms with Crippen molar-refractivity contribution in [2.75, 3.05) is 32.2 Å². The van der Waals surface area contributed by atoms with E-state index in [1.54, 1.807) is 0 Å². The van der Waals surface area contributed by atoms with Gasteiger partial charge in [0.1, 0.15) is 13.2 Å². The summed E-state index contributed by atoms with van der Waals surface area (Å²) in [5, 5.41) is 9.48. The van der Waals surface area contributed by atoms with E-state index in [0.717, 1.165) is 38.5 Å². The molecule has 1 aliphatic rings. The van der Waals surface area contributed by atoms with Crippen LogP contribution in [0.2, 0.25) is 0 Å². The second-order valence-electron chi connectivity index (χ2n) is 6.18. The molecule has 0 saturated heterocycles. The molecule has 0 spiro atoms. The van der Waals surface area contributed by atoms with Crippen LogP contribution >= 0.6 is 0 Å².